The van der Waals surface area contributed by atoms with Gasteiger partial charge in [-0.25, -0.2) is 9.78 Å². The number of carbonyl (C=O) groups is 7. The van der Waals surface area contributed by atoms with E-state index >= 15 is 0 Å². The van der Waals surface area contributed by atoms with Gasteiger partial charge < -0.3 is 51.0 Å². The Labute approximate surface area is 460 Å². The van der Waals surface area contributed by atoms with Crippen molar-refractivity contribution < 1.29 is 47.8 Å². The predicted octanol–water partition coefficient (Wildman–Crippen LogP) is 6.32. The summed E-state index contributed by atoms with van der Waals surface area (Å²) in [5.41, 5.74) is 8.05. The summed E-state index contributed by atoms with van der Waals surface area (Å²) in [6.07, 6.45) is 2.17. The largest absolute Gasteiger partial charge is 0.445 e. The zero-order valence-electron chi connectivity index (χ0n) is 47.7. The lowest BCUT2D eigenvalue weighted by Crippen LogP contribution is -2.60. The van der Waals surface area contributed by atoms with Crippen LogP contribution in [0.5, 0.6) is 0 Å². The number of hydrogen-bond acceptors (Lipinski definition) is 13. The smallest absolute Gasteiger partial charge is 0.410 e. The van der Waals surface area contributed by atoms with E-state index in [1.807, 2.05) is 84.2 Å². The van der Waals surface area contributed by atoms with Crippen molar-refractivity contribution in [1.82, 2.24) is 35.6 Å². The van der Waals surface area contributed by atoms with Crippen LogP contribution in [-0.2, 0) is 56.0 Å². The highest BCUT2D eigenvalue weighted by Crippen LogP contribution is 2.31. The summed E-state index contributed by atoms with van der Waals surface area (Å²) in [6.45, 7) is 18.6. The van der Waals surface area contributed by atoms with Crippen LogP contribution in [0.3, 0.4) is 0 Å². The average molecular weight is 1090 g/mol. The number of aromatic nitrogens is 1. The van der Waals surface area contributed by atoms with Crippen LogP contribution < -0.4 is 27.0 Å². The standard InChI is InChI=1S/C57H87N9O10S/c1-15-36(8)49(44(74-13)31-45(67)66-28-19-22-43(66)50(75-14)37(9)51(68)62-42(55-59-27-29-77-55)30-39-20-17-16-18-21-39)64(11)56(72)47(34(4)5)63-54(71)48(35(6)7)65(12)57(73)76-32-40-23-25-41(26-24-40)61-52(69)38(10)60-53(70)46(58)33(2)3/h16-18,20-21,23-27,29,33-38,42-44,46-50H,15,19,22,28,30-32,58H2,1-14H3,(H,60,70)(H,61,69)(H,62,68)(H,63,71)/t36-,37+,38-,42-,43-,44+,46-,47-,48-,49-,50+/m0/s1. The molecule has 1 aliphatic heterocycles. The number of methoxy groups -OCH3 is 2. The second kappa shape index (κ2) is 30.3. The molecule has 0 spiro atoms. The van der Waals surface area contributed by atoms with E-state index in [1.54, 1.807) is 75.2 Å². The fourth-order valence-electron chi connectivity index (χ4n) is 9.94. The summed E-state index contributed by atoms with van der Waals surface area (Å²) in [5, 5.41) is 14.2. The summed E-state index contributed by atoms with van der Waals surface area (Å²) in [5.74, 6) is -3.75. The first kappa shape index (κ1) is 63.6. The summed E-state index contributed by atoms with van der Waals surface area (Å²) in [7, 11) is 6.24. The van der Waals surface area contributed by atoms with Crippen LogP contribution in [0.2, 0.25) is 0 Å². The van der Waals surface area contributed by atoms with Gasteiger partial charge in [-0.2, -0.15) is 0 Å². The van der Waals surface area contributed by atoms with E-state index in [0.29, 0.717) is 37.1 Å². The number of benzene rings is 2. The maximum Gasteiger partial charge on any atom is 0.410 e. The van der Waals surface area contributed by atoms with Gasteiger partial charge in [0.1, 0.15) is 29.7 Å². The second-order valence-corrected chi connectivity index (χ2v) is 22.4. The number of ether oxygens (including phenoxy) is 3. The summed E-state index contributed by atoms with van der Waals surface area (Å²) < 4.78 is 17.8. The summed E-state index contributed by atoms with van der Waals surface area (Å²) >= 11 is 1.48. The van der Waals surface area contributed by atoms with Crippen molar-refractivity contribution in [3.63, 3.8) is 0 Å². The maximum absolute atomic E-state index is 14.7. The Morgan fingerprint density at radius 2 is 1.44 bits per heavy atom. The molecule has 77 heavy (non-hydrogen) atoms. The lowest BCUT2D eigenvalue weighted by atomic mass is 9.89. The monoisotopic (exact) mass is 1090 g/mol. The number of carbonyl (C=O) groups excluding carboxylic acids is 7. The molecule has 7 amide bonds. The Kier molecular flexibility index (Phi) is 25.0. The zero-order valence-corrected chi connectivity index (χ0v) is 48.6. The Hall–Kier alpha value is -5.96. The minimum atomic E-state index is -1.02. The lowest BCUT2D eigenvalue weighted by molar-refractivity contribution is -0.148. The van der Waals surface area contributed by atoms with E-state index in [4.69, 9.17) is 19.9 Å². The van der Waals surface area contributed by atoms with E-state index in [1.165, 1.54) is 30.4 Å². The third-order valence-electron chi connectivity index (χ3n) is 14.8. The molecule has 6 N–H and O–H groups in total. The number of likely N-dealkylation sites (N-methyl/N-ethyl adjacent to an activating group) is 2. The molecule has 1 saturated heterocycles. The molecule has 3 aromatic rings. The molecular weight excluding hydrogens is 1000 g/mol. The molecule has 1 aromatic heterocycles. The van der Waals surface area contributed by atoms with Crippen LogP contribution in [0.4, 0.5) is 10.5 Å². The van der Waals surface area contributed by atoms with Gasteiger partial charge in [-0.15, -0.1) is 11.3 Å². The van der Waals surface area contributed by atoms with Gasteiger partial charge in [-0.1, -0.05) is 111 Å². The molecule has 0 saturated carbocycles. The van der Waals surface area contributed by atoms with Crippen LogP contribution >= 0.6 is 11.3 Å². The molecular formula is C57H87N9O10S. The first-order valence-electron chi connectivity index (χ1n) is 27.0. The Morgan fingerprint density at radius 1 is 0.779 bits per heavy atom. The zero-order chi connectivity index (χ0) is 57.3. The Morgan fingerprint density at radius 3 is 2.00 bits per heavy atom. The molecule has 0 aliphatic carbocycles. The van der Waals surface area contributed by atoms with Gasteiger partial charge in [0, 0.05) is 52.1 Å². The van der Waals surface area contributed by atoms with Crippen LogP contribution in [0.1, 0.15) is 117 Å². The number of nitrogens with two attached hydrogens (primary N) is 1. The third kappa shape index (κ3) is 17.5. The van der Waals surface area contributed by atoms with Gasteiger partial charge in [0.15, 0.2) is 0 Å². The van der Waals surface area contributed by atoms with Gasteiger partial charge in [-0.3, -0.25) is 33.7 Å². The number of likely N-dealkylation sites (tertiary alicyclic amines) is 1. The SMILES string of the molecule is CC[C@H](C)[C@@H]([C@@H](CC(=O)N1CCC[C@H]1[C@H](OC)[C@@H](C)C(=O)N[C@@H](Cc1ccccc1)c1nccs1)OC)N(C)C(=O)[C@@H](NC(=O)[C@H](C(C)C)N(C)C(=O)OCc1ccc(NC(=O)[C@H](C)NC(=O)[C@@H](N)C(C)C)cc1)C(C)C. The molecule has 0 bridgehead atoms. The van der Waals surface area contributed by atoms with Crippen LogP contribution in [0.15, 0.2) is 66.2 Å². The van der Waals surface area contributed by atoms with Gasteiger partial charge in [0.2, 0.25) is 35.4 Å². The van der Waals surface area contributed by atoms with Gasteiger partial charge in [-0.05, 0) is 73.1 Å². The predicted molar refractivity (Wildman–Crippen MR) is 298 cm³/mol. The number of amides is 7. The van der Waals surface area contributed by atoms with Crippen molar-refractivity contribution in [2.75, 3.05) is 40.2 Å². The number of rotatable bonds is 28. The van der Waals surface area contributed by atoms with Crippen LogP contribution in [0.25, 0.3) is 0 Å². The quantitative estimate of drug-likeness (QED) is 0.0536. The number of hydrogen-bond donors (Lipinski definition) is 5. The van der Waals surface area contributed by atoms with Crippen molar-refractivity contribution in [1.29, 1.82) is 0 Å². The minimum Gasteiger partial charge on any atom is -0.445 e. The molecule has 0 unspecified atom stereocenters. The number of nitrogens with zero attached hydrogens (tertiary/aromatic N) is 4. The average Bonchev–Trinajstić information content (AvgIpc) is 4.13. The second-order valence-electron chi connectivity index (χ2n) is 21.5. The lowest BCUT2D eigenvalue weighted by Gasteiger charge is -2.41. The Balaban J connectivity index is 1.41. The topological polar surface area (TPSA) is 244 Å². The first-order valence-corrected chi connectivity index (χ1v) is 27.8. The molecule has 1 aliphatic rings. The Bertz CT molecular complexity index is 2370. The van der Waals surface area contributed by atoms with E-state index in [9.17, 15) is 33.6 Å². The van der Waals surface area contributed by atoms with Crippen molar-refractivity contribution in [2.24, 2.45) is 35.3 Å². The number of nitrogens with one attached hydrogen (secondary N) is 4. The van der Waals surface area contributed by atoms with E-state index < -0.39 is 72.1 Å². The minimum absolute atomic E-state index is 0.0453. The molecule has 19 nitrogen and oxygen atoms in total. The van der Waals surface area contributed by atoms with Gasteiger partial charge >= 0.3 is 6.09 Å². The normalized spacial score (nSPS) is 17.5. The van der Waals surface area contributed by atoms with Gasteiger partial charge in [0.25, 0.3) is 0 Å². The molecule has 11 atom stereocenters. The molecule has 20 heteroatoms. The summed E-state index contributed by atoms with van der Waals surface area (Å²) in [6, 6.07) is 11.7. The van der Waals surface area contributed by atoms with Crippen LogP contribution in [-0.4, -0.2) is 145 Å². The fourth-order valence-corrected chi connectivity index (χ4v) is 10.6. The molecule has 1 fully saturated rings. The number of anilines is 1. The molecule has 426 valence electrons. The highest BCUT2D eigenvalue weighted by atomic mass is 32.1. The highest BCUT2D eigenvalue weighted by Gasteiger charge is 2.44. The maximum atomic E-state index is 14.7. The molecule has 0 radical (unpaired) electrons. The van der Waals surface area contributed by atoms with Crippen molar-refractivity contribution in [2.45, 2.75) is 162 Å². The number of thiazole rings is 1. The molecule has 4 rings (SSSR count). The van der Waals surface area contributed by atoms with Gasteiger partial charge in [0.05, 0.1) is 48.7 Å². The summed E-state index contributed by atoms with van der Waals surface area (Å²) in [4.78, 5) is 105. The third-order valence-corrected chi connectivity index (χ3v) is 15.7. The van der Waals surface area contributed by atoms with E-state index in [2.05, 4.69) is 26.3 Å². The molecule has 2 heterocycles. The van der Waals surface area contributed by atoms with Crippen molar-refractivity contribution in [3.05, 3.63) is 82.3 Å². The van der Waals surface area contributed by atoms with Crippen LogP contribution in [0, 0.1) is 29.6 Å². The van der Waals surface area contributed by atoms with Crippen molar-refractivity contribution in [3.8, 4) is 0 Å². The highest BCUT2D eigenvalue weighted by molar-refractivity contribution is 7.09. The van der Waals surface area contributed by atoms with E-state index in [0.717, 1.165) is 17.0 Å². The van der Waals surface area contributed by atoms with E-state index in [-0.39, 0.29) is 66.5 Å². The molecule has 2 aromatic carbocycles. The fraction of sp³-hybridized carbons (Fsp3) is 0.614. The first-order chi connectivity index (χ1) is 36.4. The van der Waals surface area contributed by atoms with Crippen molar-refractivity contribution >= 4 is 58.6 Å².